The van der Waals surface area contributed by atoms with Gasteiger partial charge in [0.2, 0.25) is 0 Å². The Morgan fingerprint density at radius 3 is 1.82 bits per heavy atom. The third-order valence-corrected chi connectivity index (χ3v) is 16.3. The van der Waals surface area contributed by atoms with Gasteiger partial charge in [0.15, 0.2) is 24.7 Å². The molecule has 4 aliphatic carbocycles. The van der Waals surface area contributed by atoms with E-state index in [-0.39, 0.29) is 62.2 Å². The number of carboxylic acids is 4. The van der Waals surface area contributed by atoms with Crippen LogP contribution in [0.2, 0.25) is 10.0 Å². The van der Waals surface area contributed by atoms with E-state index in [1.807, 2.05) is 6.08 Å². The number of hydrogen-bond donors (Lipinski definition) is 4. The predicted molar refractivity (Wildman–Crippen MR) is 242 cm³/mol. The SMILES string of the molecule is CC(C)CCCC(C)[C@H]1CC[C@H]2[C@@H]3CC[C@H]4C[C@@H](CCC=C(c5cc(Cl)c(OCC(=O)O)c(C(=O)O)c5)c5cc(Cl)c(OCC(=O)O)c(C(=O)O)c5)CC[C@]4(C)[C@H]3CC[C@]12C.[Na]. The Balaban J connectivity index is 0.00000726. The maximum atomic E-state index is 12.4. The van der Waals surface area contributed by atoms with Crippen molar-refractivity contribution in [1.82, 2.24) is 0 Å². The third kappa shape index (κ3) is 10.8. The van der Waals surface area contributed by atoms with Crippen LogP contribution >= 0.6 is 23.2 Å². The summed E-state index contributed by atoms with van der Waals surface area (Å²) < 4.78 is 10.5. The number of hydrogen-bond acceptors (Lipinski definition) is 6. The standard InChI is InChI=1S/C49H64Cl2O10.Na/c1-27(2)8-6-9-28(3)37-14-15-38-34-13-12-32-20-29(16-18-48(32,4)39(34)17-19-49(37,38)5)10-7-11-33(30-21-35(46(56)57)44(40(50)23-30)60-25-42(52)53)31-22-36(47(58)59)45(41(51)24-31)61-26-43(54)55;/h11,21-24,27-29,32,34,37-39H,6-10,12-20,25-26H2,1-5H3,(H,52,53)(H,54,55)(H,56,57)(H,58,59);/t28?,29-,32-,34-,37+,38-,39-,48-,49+;/m0./s1. The van der Waals surface area contributed by atoms with Gasteiger partial charge in [-0.25, -0.2) is 19.2 Å². The van der Waals surface area contributed by atoms with Crippen LogP contribution in [-0.4, -0.2) is 87.1 Å². The molecule has 6 rings (SSSR count). The van der Waals surface area contributed by atoms with Gasteiger partial charge in [-0.05, 0) is 170 Å². The van der Waals surface area contributed by atoms with Gasteiger partial charge in [-0.2, -0.15) is 0 Å². The average molecular weight is 907 g/mol. The van der Waals surface area contributed by atoms with Crippen molar-refractivity contribution in [2.24, 2.45) is 58.2 Å². The first kappa shape index (κ1) is 50.2. The average Bonchev–Trinajstić information content (AvgIpc) is 3.55. The smallest absolute Gasteiger partial charge is 0.341 e. The number of fused-ring (bicyclic) bond motifs is 5. The number of aromatic carboxylic acids is 2. The molecular formula is C49H64Cl2NaO10. The Hall–Kier alpha value is -2.76. The van der Waals surface area contributed by atoms with Crippen molar-refractivity contribution in [3.8, 4) is 11.5 Å². The summed E-state index contributed by atoms with van der Waals surface area (Å²) in [5, 5.41) is 38.4. The van der Waals surface area contributed by atoms with Crippen molar-refractivity contribution in [1.29, 1.82) is 0 Å². The third-order valence-electron chi connectivity index (χ3n) is 15.7. The first-order valence-electron chi connectivity index (χ1n) is 22.4. The molecular weight excluding hydrogens is 842 g/mol. The van der Waals surface area contributed by atoms with Crippen molar-refractivity contribution in [2.45, 2.75) is 125 Å². The molecule has 4 fully saturated rings. The number of carbonyl (C=O) groups is 4. The summed E-state index contributed by atoms with van der Waals surface area (Å²) in [5.41, 5.74) is 1.19. The largest absolute Gasteiger partial charge is 0.479 e. The van der Waals surface area contributed by atoms with Crippen molar-refractivity contribution in [3.05, 3.63) is 62.6 Å². The first-order chi connectivity index (χ1) is 28.8. The van der Waals surface area contributed by atoms with Crippen molar-refractivity contribution < 1.29 is 49.1 Å². The molecule has 0 aliphatic heterocycles. The van der Waals surface area contributed by atoms with E-state index in [2.05, 4.69) is 34.6 Å². The predicted octanol–water partition coefficient (Wildman–Crippen LogP) is 11.9. The molecule has 4 saturated carbocycles. The fourth-order valence-corrected chi connectivity index (χ4v) is 13.4. The molecule has 1 radical (unpaired) electrons. The molecule has 4 aliphatic rings. The normalized spacial score (nSPS) is 28.1. The molecule has 2 aromatic carbocycles. The van der Waals surface area contributed by atoms with Crippen LogP contribution in [-0.2, 0) is 9.59 Å². The summed E-state index contributed by atoms with van der Waals surface area (Å²) >= 11 is 13.1. The zero-order valence-corrected chi connectivity index (χ0v) is 40.8. The van der Waals surface area contributed by atoms with Gasteiger partial charge in [0.1, 0.15) is 11.1 Å². The molecule has 335 valence electrons. The molecule has 0 aromatic heterocycles. The fourth-order valence-electron chi connectivity index (χ4n) is 12.9. The maximum Gasteiger partial charge on any atom is 0.341 e. The molecule has 2 aromatic rings. The number of rotatable bonds is 18. The molecule has 4 N–H and O–H groups in total. The molecule has 0 bridgehead atoms. The molecule has 9 atom stereocenters. The maximum absolute atomic E-state index is 12.4. The summed E-state index contributed by atoms with van der Waals surface area (Å²) in [5.74, 6) is -0.0237. The second-order valence-electron chi connectivity index (χ2n) is 19.7. The minimum absolute atomic E-state index is 0. The van der Waals surface area contributed by atoms with Crippen LogP contribution < -0.4 is 9.47 Å². The van der Waals surface area contributed by atoms with Crippen LogP contribution in [0.3, 0.4) is 0 Å². The Morgan fingerprint density at radius 2 is 1.29 bits per heavy atom. The van der Waals surface area contributed by atoms with E-state index < -0.39 is 37.1 Å². The Labute approximate surface area is 398 Å². The molecule has 0 amide bonds. The van der Waals surface area contributed by atoms with Crippen LogP contribution in [0.1, 0.15) is 156 Å². The topological polar surface area (TPSA) is 168 Å². The molecule has 0 saturated heterocycles. The number of ether oxygens (including phenoxy) is 2. The molecule has 1 unspecified atom stereocenters. The van der Waals surface area contributed by atoms with Crippen LogP contribution in [0.25, 0.3) is 5.57 Å². The van der Waals surface area contributed by atoms with Crippen LogP contribution in [0.4, 0.5) is 0 Å². The Bertz CT molecular complexity index is 1930. The van der Waals surface area contributed by atoms with Gasteiger partial charge in [-0.1, -0.05) is 83.2 Å². The van der Waals surface area contributed by atoms with E-state index in [1.54, 1.807) is 0 Å². The van der Waals surface area contributed by atoms with Gasteiger partial charge >= 0.3 is 23.9 Å². The number of benzene rings is 2. The number of halogens is 2. The molecule has 0 spiro atoms. The fraction of sp³-hybridized carbons (Fsp3) is 0.633. The van der Waals surface area contributed by atoms with Gasteiger partial charge in [-0.15, -0.1) is 0 Å². The summed E-state index contributed by atoms with van der Waals surface area (Å²) in [4.78, 5) is 47.4. The van der Waals surface area contributed by atoms with E-state index in [9.17, 15) is 39.6 Å². The summed E-state index contributed by atoms with van der Waals surface area (Å²) in [6.45, 7) is 10.9. The molecule has 10 nitrogen and oxygen atoms in total. The van der Waals surface area contributed by atoms with E-state index in [0.29, 0.717) is 45.8 Å². The zero-order valence-electron chi connectivity index (χ0n) is 37.3. The van der Waals surface area contributed by atoms with Crippen molar-refractivity contribution >= 4 is 82.2 Å². The van der Waals surface area contributed by atoms with E-state index in [1.165, 1.54) is 88.5 Å². The first-order valence-corrected chi connectivity index (χ1v) is 23.1. The monoisotopic (exact) mass is 905 g/mol. The second kappa shape index (κ2) is 21.0. The quantitative estimate of drug-likeness (QED) is 0.106. The molecule has 0 heterocycles. The summed E-state index contributed by atoms with van der Waals surface area (Å²) in [6.07, 6.45) is 19.0. The van der Waals surface area contributed by atoms with Gasteiger partial charge in [0.25, 0.3) is 0 Å². The van der Waals surface area contributed by atoms with Crippen LogP contribution in [0.15, 0.2) is 30.3 Å². The number of allylic oxidation sites excluding steroid dienone is 1. The zero-order chi connectivity index (χ0) is 44.4. The van der Waals surface area contributed by atoms with Crippen molar-refractivity contribution in [3.63, 3.8) is 0 Å². The van der Waals surface area contributed by atoms with Crippen LogP contribution in [0, 0.1) is 58.2 Å². The van der Waals surface area contributed by atoms with E-state index in [0.717, 1.165) is 54.8 Å². The minimum atomic E-state index is -1.40. The Morgan fingerprint density at radius 1 is 0.742 bits per heavy atom. The van der Waals surface area contributed by atoms with Gasteiger partial charge in [0, 0.05) is 29.6 Å². The number of carboxylic acid groups (broad SMARTS) is 4. The van der Waals surface area contributed by atoms with Crippen LogP contribution in [0.5, 0.6) is 11.5 Å². The Kier molecular flexibility index (Phi) is 17.0. The van der Waals surface area contributed by atoms with Crippen molar-refractivity contribution in [2.75, 3.05) is 13.2 Å². The summed E-state index contributed by atoms with van der Waals surface area (Å²) in [7, 11) is 0. The van der Waals surface area contributed by atoms with Gasteiger partial charge in [-0.3, -0.25) is 0 Å². The molecule has 13 heteroatoms. The molecule has 62 heavy (non-hydrogen) atoms. The minimum Gasteiger partial charge on any atom is -0.479 e. The second-order valence-corrected chi connectivity index (χ2v) is 20.5. The summed E-state index contributed by atoms with van der Waals surface area (Å²) in [6, 6.07) is 5.56. The number of aliphatic carboxylic acids is 2. The van der Waals surface area contributed by atoms with E-state index in [4.69, 9.17) is 32.7 Å². The van der Waals surface area contributed by atoms with E-state index >= 15 is 0 Å². The van der Waals surface area contributed by atoms with Gasteiger partial charge < -0.3 is 29.9 Å². The van der Waals surface area contributed by atoms with Gasteiger partial charge in [0.05, 0.1) is 10.0 Å².